The van der Waals surface area contributed by atoms with Crippen LogP contribution in [-0.2, 0) is 17.5 Å². The first-order valence-electron chi connectivity index (χ1n) is 4.98. The van der Waals surface area contributed by atoms with Crippen molar-refractivity contribution in [1.82, 2.24) is 4.57 Å². The summed E-state index contributed by atoms with van der Waals surface area (Å²) >= 11 is 0. The maximum Gasteiger partial charge on any atom is 0.111 e. The quantitative estimate of drug-likeness (QED) is 0.762. The Morgan fingerprint density at radius 1 is 1.27 bits per heavy atom. The zero-order chi connectivity index (χ0) is 11.1. The largest absolute Gasteiger partial charge is 0.350 e. The highest BCUT2D eigenvalue weighted by Crippen LogP contribution is 2.31. The van der Waals surface area contributed by atoms with Crippen molar-refractivity contribution in [2.24, 2.45) is 12.9 Å². The van der Waals surface area contributed by atoms with Crippen LogP contribution in [0.15, 0.2) is 30.5 Å². The van der Waals surface area contributed by atoms with E-state index in [1.165, 1.54) is 10.9 Å². The summed E-state index contributed by atoms with van der Waals surface area (Å²) in [6.07, 6.45) is 2.07. The minimum absolute atomic E-state index is 0.457. The molecule has 3 heteroatoms. The van der Waals surface area contributed by atoms with E-state index in [1.54, 1.807) is 0 Å². The van der Waals surface area contributed by atoms with E-state index in [0.717, 1.165) is 5.56 Å². The van der Waals surface area contributed by atoms with Gasteiger partial charge in [-0.15, -0.1) is 0 Å². The number of nitrogens with zero attached hydrogens (tertiary/aromatic N) is 1. The van der Waals surface area contributed by atoms with Gasteiger partial charge in [0.25, 0.3) is 0 Å². The maximum atomic E-state index is 5.33. The number of para-hydroxylation sites is 1. The van der Waals surface area contributed by atoms with Gasteiger partial charge in [-0.2, -0.15) is 0 Å². The number of fused-ring (bicyclic) bond motifs is 1. The molecule has 0 aliphatic carbocycles. The van der Waals surface area contributed by atoms with Crippen molar-refractivity contribution in [2.45, 2.75) is 19.4 Å². The lowest BCUT2D eigenvalue weighted by atomic mass is 9.98. The van der Waals surface area contributed by atoms with Crippen LogP contribution in [0.1, 0.15) is 19.4 Å². The Morgan fingerprint density at radius 2 is 1.93 bits per heavy atom. The number of hydrogen-bond donors (Lipinski definition) is 1. The standard InChI is InChI=1S/C12H16N2O/c1-12(2,15-13)10-8-14(3)11-7-5-4-6-9(10)11/h4-8H,13H2,1-3H3. The zero-order valence-electron chi connectivity index (χ0n) is 9.32. The number of nitrogens with two attached hydrogens (primary N) is 1. The van der Waals surface area contributed by atoms with E-state index in [-0.39, 0.29) is 0 Å². The molecular weight excluding hydrogens is 188 g/mol. The summed E-state index contributed by atoms with van der Waals surface area (Å²) in [5.41, 5.74) is 1.85. The van der Waals surface area contributed by atoms with Crippen LogP contribution in [0.25, 0.3) is 10.9 Å². The summed E-state index contributed by atoms with van der Waals surface area (Å²) in [6.45, 7) is 3.93. The Hall–Kier alpha value is -1.32. The summed E-state index contributed by atoms with van der Waals surface area (Å²) < 4.78 is 2.09. The number of hydrogen-bond acceptors (Lipinski definition) is 2. The molecule has 3 nitrogen and oxygen atoms in total. The van der Waals surface area contributed by atoms with Gasteiger partial charge in [0.05, 0.1) is 0 Å². The van der Waals surface area contributed by atoms with Crippen molar-refractivity contribution in [3.63, 3.8) is 0 Å². The number of aromatic nitrogens is 1. The van der Waals surface area contributed by atoms with Gasteiger partial charge in [-0.1, -0.05) is 18.2 Å². The lowest BCUT2D eigenvalue weighted by Crippen LogP contribution is -2.24. The fourth-order valence-corrected chi connectivity index (χ4v) is 1.88. The smallest absolute Gasteiger partial charge is 0.111 e. The molecule has 0 fully saturated rings. The van der Waals surface area contributed by atoms with E-state index in [1.807, 2.05) is 33.0 Å². The van der Waals surface area contributed by atoms with Crippen LogP contribution in [0.3, 0.4) is 0 Å². The molecule has 0 aliphatic heterocycles. The third-order valence-electron chi connectivity index (χ3n) is 2.84. The van der Waals surface area contributed by atoms with Gasteiger partial charge in [0.2, 0.25) is 0 Å². The highest BCUT2D eigenvalue weighted by atomic mass is 16.6. The van der Waals surface area contributed by atoms with Crippen LogP contribution in [0.2, 0.25) is 0 Å². The molecule has 15 heavy (non-hydrogen) atoms. The third-order valence-corrected chi connectivity index (χ3v) is 2.84. The topological polar surface area (TPSA) is 40.2 Å². The van der Waals surface area contributed by atoms with Crippen molar-refractivity contribution in [1.29, 1.82) is 0 Å². The Kier molecular flexibility index (Phi) is 2.29. The lowest BCUT2D eigenvalue weighted by Gasteiger charge is -2.21. The predicted octanol–water partition coefficient (Wildman–Crippen LogP) is 2.30. The summed E-state index contributed by atoms with van der Waals surface area (Å²) in [5, 5.41) is 1.19. The predicted molar refractivity (Wildman–Crippen MR) is 61.2 cm³/mol. The fourth-order valence-electron chi connectivity index (χ4n) is 1.88. The summed E-state index contributed by atoms with van der Waals surface area (Å²) in [6, 6.07) is 8.23. The van der Waals surface area contributed by atoms with Crippen LogP contribution in [0.4, 0.5) is 0 Å². The minimum Gasteiger partial charge on any atom is -0.350 e. The average molecular weight is 204 g/mol. The number of aryl methyl sites for hydroxylation is 1. The molecular formula is C12H16N2O. The van der Waals surface area contributed by atoms with E-state index in [0.29, 0.717) is 0 Å². The van der Waals surface area contributed by atoms with Crippen LogP contribution >= 0.6 is 0 Å². The average Bonchev–Trinajstić information content (AvgIpc) is 2.58. The zero-order valence-corrected chi connectivity index (χ0v) is 9.32. The van der Waals surface area contributed by atoms with E-state index in [4.69, 9.17) is 10.7 Å². The third kappa shape index (κ3) is 1.54. The van der Waals surface area contributed by atoms with Crippen molar-refractivity contribution < 1.29 is 4.84 Å². The first kappa shape index (κ1) is 10.2. The minimum atomic E-state index is -0.457. The molecule has 0 aliphatic rings. The molecule has 1 heterocycles. The molecule has 0 amide bonds. The van der Waals surface area contributed by atoms with E-state index >= 15 is 0 Å². The van der Waals surface area contributed by atoms with Gasteiger partial charge >= 0.3 is 0 Å². The van der Waals surface area contributed by atoms with Gasteiger partial charge in [0.15, 0.2) is 0 Å². The van der Waals surface area contributed by atoms with E-state index in [9.17, 15) is 0 Å². The van der Waals surface area contributed by atoms with Crippen LogP contribution in [0.5, 0.6) is 0 Å². The molecule has 0 unspecified atom stereocenters. The second-order valence-electron chi connectivity index (χ2n) is 4.30. The van der Waals surface area contributed by atoms with Gasteiger partial charge in [-0.05, 0) is 19.9 Å². The molecule has 0 saturated carbocycles. The van der Waals surface area contributed by atoms with E-state index in [2.05, 4.69) is 22.9 Å². The van der Waals surface area contributed by atoms with Crippen LogP contribution < -0.4 is 5.90 Å². The Labute approximate surface area is 89.4 Å². The molecule has 2 aromatic rings. The van der Waals surface area contributed by atoms with Gasteiger partial charge in [-0.3, -0.25) is 4.84 Å². The lowest BCUT2D eigenvalue weighted by molar-refractivity contribution is -0.0226. The number of rotatable bonds is 2. The summed E-state index contributed by atoms with van der Waals surface area (Å²) in [4.78, 5) is 5.03. The monoisotopic (exact) mass is 204 g/mol. The van der Waals surface area contributed by atoms with Gasteiger partial charge in [0.1, 0.15) is 5.60 Å². The second-order valence-corrected chi connectivity index (χ2v) is 4.30. The molecule has 0 spiro atoms. The molecule has 80 valence electrons. The second kappa shape index (κ2) is 3.36. The molecule has 1 aromatic carbocycles. The first-order chi connectivity index (χ1) is 7.06. The van der Waals surface area contributed by atoms with Crippen molar-refractivity contribution in [3.8, 4) is 0 Å². The molecule has 0 radical (unpaired) electrons. The van der Waals surface area contributed by atoms with Gasteiger partial charge in [-0.25, -0.2) is 5.90 Å². The fraction of sp³-hybridized carbons (Fsp3) is 0.333. The highest BCUT2D eigenvalue weighted by Gasteiger charge is 2.24. The Morgan fingerprint density at radius 3 is 2.60 bits per heavy atom. The molecule has 0 atom stereocenters. The molecule has 1 aromatic heterocycles. The van der Waals surface area contributed by atoms with Crippen LogP contribution in [0, 0.1) is 0 Å². The number of benzene rings is 1. The van der Waals surface area contributed by atoms with Crippen LogP contribution in [-0.4, -0.2) is 4.57 Å². The summed E-state index contributed by atoms with van der Waals surface area (Å²) in [5.74, 6) is 5.33. The SMILES string of the molecule is Cn1cc(C(C)(C)ON)c2ccccc21. The molecule has 2 N–H and O–H groups in total. The highest BCUT2D eigenvalue weighted by molar-refractivity contribution is 5.84. The van der Waals surface area contributed by atoms with E-state index < -0.39 is 5.60 Å². The molecule has 0 bridgehead atoms. The Bertz CT molecular complexity index is 485. The molecule has 0 saturated heterocycles. The summed E-state index contributed by atoms with van der Waals surface area (Å²) in [7, 11) is 2.03. The van der Waals surface area contributed by atoms with Gasteiger partial charge < -0.3 is 4.57 Å². The maximum absolute atomic E-state index is 5.33. The Balaban J connectivity index is 2.72. The van der Waals surface area contributed by atoms with Gasteiger partial charge in [0, 0.05) is 29.7 Å². The first-order valence-corrected chi connectivity index (χ1v) is 4.98. The molecule has 2 rings (SSSR count). The normalized spacial score (nSPS) is 12.3. The van der Waals surface area contributed by atoms with Crippen molar-refractivity contribution >= 4 is 10.9 Å². The van der Waals surface area contributed by atoms with Crippen molar-refractivity contribution in [2.75, 3.05) is 0 Å². The van der Waals surface area contributed by atoms with Crippen molar-refractivity contribution in [3.05, 3.63) is 36.0 Å².